The molecule has 0 saturated heterocycles. The van der Waals surface area contributed by atoms with Gasteiger partial charge in [0.15, 0.2) is 0 Å². The lowest BCUT2D eigenvalue weighted by Gasteiger charge is -2.58. The average molecular weight is 366 g/mol. The second kappa shape index (κ2) is 6.40. The van der Waals surface area contributed by atoms with Gasteiger partial charge in [-0.1, -0.05) is 6.92 Å². The van der Waals surface area contributed by atoms with E-state index in [0.717, 1.165) is 38.5 Å². The number of hydrogen-bond donors (Lipinski definition) is 1. The van der Waals surface area contributed by atoms with Crippen LogP contribution in [0.15, 0.2) is 12.5 Å². The van der Waals surface area contributed by atoms with Crippen molar-refractivity contribution in [2.45, 2.75) is 57.1 Å². The standard InChI is InChI=1S/C18H24ClN3O3/c1-2-3-25-16-14(9-20-10-21-16)17(23)22(19)15-12-4-11-5-13(15)8-18(24,6-11)7-12/h9-13,15,24H,2-8H2,1H3. The minimum Gasteiger partial charge on any atom is -0.477 e. The number of ether oxygens (including phenoxy) is 1. The normalized spacial score (nSPS) is 35.6. The Morgan fingerprint density at radius 2 is 2.12 bits per heavy atom. The lowest BCUT2D eigenvalue weighted by atomic mass is 9.52. The molecule has 0 aliphatic heterocycles. The maximum Gasteiger partial charge on any atom is 0.275 e. The highest BCUT2D eigenvalue weighted by molar-refractivity contribution is 6.24. The number of hydrogen-bond acceptors (Lipinski definition) is 5. The fraction of sp³-hybridized carbons (Fsp3) is 0.722. The van der Waals surface area contributed by atoms with Crippen molar-refractivity contribution < 1.29 is 14.6 Å². The van der Waals surface area contributed by atoms with E-state index < -0.39 is 5.60 Å². The monoisotopic (exact) mass is 365 g/mol. The fourth-order valence-corrected chi connectivity index (χ4v) is 5.76. The summed E-state index contributed by atoms with van der Waals surface area (Å²) in [6, 6.07) is -0.0368. The number of amides is 1. The first-order chi connectivity index (χ1) is 12.0. The van der Waals surface area contributed by atoms with Crippen molar-refractivity contribution in [1.82, 2.24) is 14.4 Å². The van der Waals surface area contributed by atoms with Crippen molar-refractivity contribution in [1.29, 1.82) is 0 Å². The zero-order valence-electron chi connectivity index (χ0n) is 14.4. The summed E-state index contributed by atoms with van der Waals surface area (Å²) in [6.07, 6.45) is 8.16. The molecule has 1 aromatic heterocycles. The van der Waals surface area contributed by atoms with E-state index in [1.54, 1.807) is 0 Å². The van der Waals surface area contributed by atoms with Gasteiger partial charge in [0.25, 0.3) is 5.91 Å². The van der Waals surface area contributed by atoms with Gasteiger partial charge in [0.05, 0.1) is 18.2 Å². The van der Waals surface area contributed by atoms with Crippen LogP contribution in [-0.2, 0) is 0 Å². The first-order valence-corrected chi connectivity index (χ1v) is 9.49. The first-order valence-electron chi connectivity index (χ1n) is 9.15. The molecule has 2 unspecified atom stereocenters. The summed E-state index contributed by atoms with van der Waals surface area (Å²) in [4.78, 5) is 21.1. The van der Waals surface area contributed by atoms with E-state index in [1.165, 1.54) is 16.9 Å². The van der Waals surface area contributed by atoms with Crippen LogP contribution >= 0.6 is 11.8 Å². The lowest BCUT2D eigenvalue weighted by Crippen LogP contribution is -2.60. The van der Waals surface area contributed by atoms with E-state index in [2.05, 4.69) is 9.97 Å². The maximum atomic E-state index is 13.0. The van der Waals surface area contributed by atoms with Crippen molar-refractivity contribution >= 4 is 17.7 Å². The van der Waals surface area contributed by atoms with E-state index >= 15 is 0 Å². The number of carbonyl (C=O) groups is 1. The number of halogens is 1. The van der Waals surface area contributed by atoms with Gasteiger partial charge in [-0.05, 0) is 56.3 Å². The molecule has 0 spiro atoms. The number of carbonyl (C=O) groups excluding carboxylic acids is 1. The van der Waals surface area contributed by atoms with Gasteiger partial charge in [0.1, 0.15) is 11.9 Å². The Labute approximate surface area is 152 Å². The molecule has 5 rings (SSSR count). The predicted molar refractivity (Wildman–Crippen MR) is 92.1 cm³/mol. The molecule has 4 aliphatic rings. The third-order valence-electron chi connectivity index (χ3n) is 6.00. The molecule has 7 heteroatoms. The molecule has 4 fully saturated rings. The van der Waals surface area contributed by atoms with Gasteiger partial charge in [-0.15, -0.1) is 0 Å². The molecule has 0 radical (unpaired) electrons. The summed E-state index contributed by atoms with van der Waals surface area (Å²) >= 11 is 6.55. The summed E-state index contributed by atoms with van der Waals surface area (Å²) in [5, 5.41) is 10.7. The van der Waals surface area contributed by atoms with Gasteiger partial charge in [0.2, 0.25) is 5.88 Å². The van der Waals surface area contributed by atoms with Crippen molar-refractivity contribution in [2.24, 2.45) is 17.8 Å². The molecule has 1 aromatic rings. The summed E-state index contributed by atoms with van der Waals surface area (Å²) in [5.41, 5.74) is -0.238. The molecule has 4 saturated carbocycles. The SMILES string of the molecule is CCCOc1ncncc1C(=O)N(Cl)C1C2CC3CC1CC(O)(C3)C2. The highest BCUT2D eigenvalue weighted by Crippen LogP contribution is 2.57. The molecule has 4 aliphatic carbocycles. The largest absolute Gasteiger partial charge is 0.477 e. The van der Waals surface area contributed by atoms with Crippen LogP contribution in [0.25, 0.3) is 0 Å². The molecule has 4 bridgehead atoms. The number of aromatic nitrogens is 2. The maximum absolute atomic E-state index is 13.0. The van der Waals surface area contributed by atoms with Crippen molar-refractivity contribution in [3.63, 3.8) is 0 Å². The summed E-state index contributed by atoms with van der Waals surface area (Å²) < 4.78 is 6.92. The Hall–Kier alpha value is -1.40. The minimum atomic E-state index is -0.543. The Morgan fingerprint density at radius 3 is 2.76 bits per heavy atom. The molecule has 6 nitrogen and oxygen atoms in total. The third-order valence-corrected chi connectivity index (χ3v) is 6.37. The van der Waals surface area contributed by atoms with Crippen molar-refractivity contribution in [3.8, 4) is 5.88 Å². The summed E-state index contributed by atoms with van der Waals surface area (Å²) in [5.74, 6) is 1.08. The second-order valence-electron chi connectivity index (χ2n) is 7.89. The lowest BCUT2D eigenvalue weighted by molar-refractivity contribution is -0.146. The van der Waals surface area contributed by atoms with E-state index in [-0.39, 0.29) is 29.7 Å². The molecule has 1 heterocycles. The number of aliphatic hydroxyl groups is 1. The molecule has 0 aromatic carbocycles. The van der Waals surface area contributed by atoms with Crippen LogP contribution in [-0.4, -0.2) is 43.7 Å². The Bertz CT molecular complexity index is 655. The summed E-state index contributed by atoms with van der Waals surface area (Å²) in [7, 11) is 0. The van der Waals surface area contributed by atoms with Crippen LogP contribution < -0.4 is 4.74 Å². The third kappa shape index (κ3) is 2.99. The zero-order chi connectivity index (χ0) is 17.6. The predicted octanol–water partition coefficient (Wildman–Crippen LogP) is 2.80. The Balaban J connectivity index is 1.56. The molecule has 25 heavy (non-hydrogen) atoms. The van der Waals surface area contributed by atoms with E-state index in [4.69, 9.17) is 16.5 Å². The molecule has 2 atom stereocenters. The van der Waals surface area contributed by atoms with E-state index in [0.29, 0.717) is 18.1 Å². The van der Waals surface area contributed by atoms with Crippen LogP contribution in [0.4, 0.5) is 0 Å². The zero-order valence-corrected chi connectivity index (χ0v) is 15.2. The fourth-order valence-electron chi connectivity index (χ4n) is 5.35. The van der Waals surface area contributed by atoms with Crippen molar-refractivity contribution in [2.75, 3.05) is 6.61 Å². The molecular formula is C18H24ClN3O3. The minimum absolute atomic E-state index is 0.0368. The van der Waals surface area contributed by atoms with Crippen LogP contribution in [0.5, 0.6) is 5.88 Å². The smallest absolute Gasteiger partial charge is 0.275 e. The van der Waals surface area contributed by atoms with Crippen LogP contribution in [0.1, 0.15) is 55.8 Å². The van der Waals surface area contributed by atoms with Gasteiger partial charge in [-0.2, -0.15) is 0 Å². The topological polar surface area (TPSA) is 75.6 Å². The van der Waals surface area contributed by atoms with Crippen LogP contribution in [0.3, 0.4) is 0 Å². The molecule has 1 N–H and O–H groups in total. The Kier molecular flexibility index (Phi) is 4.36. The van der Waals surface area contributed by atoms with Crippen LogP contribution in [0.2, 0.25) is 0 Å². The number of rotatable bonds is 5. The van der Waals surface area contributed by atoms with E-state index in [1.807, 2.05) is 6.92 Å². The Morgan fingerprint density at radius 1 is 1.40 bits per heavy atom. The molecule has 136 valence electrons. The first kappa shape index (κ1) is 17.0. The number of nitrogens with zero attached hydrogens (tertiary/aromatic N) is 3. The highest BCUT2D eigenvalue weighted by Gasteiger charge is 2.56. The van der Waals surface area contributed by atoms with Crippen molar-refractivity contribution in [3.05, 3.63) is 18.1 Å². The average Bonchev–Trinajstić information content (AvgIpc) is 2.57. The van der Waals surface area contributed by atoms with Gasteiger partial charge < -0.3 is 9.84 Å². The van der Waals surface area contributed by atoms with Crippen LogP contribution in [0, 0.1) is 17.8 Å². The highest BCUT2D eigenvalue weighted by atomic mass is 35.5. The van der Waals surface area contributed by atoms with Gasteiger partial charge >= 0.3 is 0 Å². The van der Waals surface area contributed by atoms with Gasteiger partial charge in [0, 0.05) is 18.0 Å². The van der Waals surface area contributed by atoms with Gasteiger partial charge in [-0.25, -0.2) is 14.4 Å². The molecular weight excluding hydrogens is 342 g/mol. The summed E-state index contributed by atoms with van der Waals surface area (Å²) in [6.45, 7) is 2.48. The second-order valence-corrected chi connectivity index (χ2v) is 8.26. The quantitative estimate of drug-likeness (QED) is 0.812. The van der Waals surface area contributed by atoms with Gasteiger partial charge in [-0.3, -0.25) is 4.79 Å². The molecule has 1 amide bonds. The van der Waals surface area contributed by atoms with E-state index in [9.17, 15) is 9.90 Å².